The van der Waals surface area contributed by atoms with E-state index in [4.69, 9.17) is 10.5 Å². The Morgan fingerprint density at radius 1 is 1.30 bits per heavy atom. The van der Waals surface area contributed by atoms with E-state index < -0.39 is 0 Å². The van der Waals surface area contributed by atoms with Gasteiger partial charge in [0.1, 0.15) is 5.75 Å². The Balaban J connectivity index is 2.22. The fourth-order valence-electron chi connectivity index (χ4n) is 3.09. The van der Waals surface area contributed by atoms with Crippen molar-refractivity contribution < 1.29 is 4.74 Å². The third-order valence-electron chi connectivity index (χ3n) is 4.39. The van der Waals surface area contributed by atoms with E-state index in [1.807, 2.05) is 6.07 Å². The first-order chi connectivity index (χ1) is 9.52. The summed E-state index contributed by atoms with van der Waals surface area (Å²) in [5, 5.41) is 0. The van der Waals surface area contributed by atoms with E-state index in [0.717, 1.165) is 42.8 Å². The van der Waals surface area contributed by atoms with Crippen molar-refractivity contribution >= 4 is 11.4 Å². The SMILES string of the molecule is CCCOc1cc(N2CC(C)CC(C)C2C)ccc1N. The normalized spacial score (nSPS) is 26.6. The van der Waals surface area contributed by atoms with Crippen molar-refractivity contribution in [3.05, 3.63) is 18.2 Å². The number of hydrogen-bond acceptors (Lipinski definition) is 3. The highest BCUT2D eigenvalue weighted by Gasteiger charge is 2.29. The van der Waals surface area contributed by atoms with E-state index in [-0.39, 0.29) is 0 Å². The molecular formula is C17H28N2O. The molecule has 0 amide bonds. The highest BCUT2D eigenvalue weighted by Crippen LogP contribution is 2.34. The van der Waals surface area contributed by atoms with Crippen molar-refractivity contribution in [3.8, 4) is 5.75 Å². The Hall–Kier alpha value is -1.38. The van der Waals surface area contributed by atoms with Gasteiger partial charge in [-0.05, 0) is 43.7 Å². The Labute approximate surface area is 123 Å². The number of rotatable bonds is 4. The van der Waals surface area contributed by atoms with E-state index >= 15 is 0 Å². The molecule has 1 aromatic rings. The number of ether oxygens (including phenoxy) is 1. The molecular weight excluding hydrogens is 248 g/mol. The van der Waals surface area contributed by atoms with Crippen LogP contribution in [0.15, 0.2) is 18.2 Å². The molecule has 0 bridgehead atoms. The molecule has 1 saturated heterocycles. The molecule has 0 saturated carbocycles. The van der Waals surface area contributed by atoms with Crippen LogP contribution in [0.2, 0.25) is 0 Å². The largest absolute Gasteiger partial charge is 0.491 e. The molecule has 1 aromatic carbocycles. The van der Waals surface area contributed by atoms with Crippen molar-refractivity contribution in [2.45, 2.75) is 46.6 Å². The average molecular weight is 276 g/mol. The van der Waals surface area contributed by atoms with E-state index in [1.54, 1.807) is 0 Å². The van der Waals surface area contributed by atoms with E-state index in [0.29, 0.717) is 6.04 Å². The zero-order valence-electron chi connectivity index (χ0n) is 13.2. The molecule has 2 rings (SSSR count). The molecule has 3 atom stereocenters. The zero-order valence-corrected chi connectivity index (χ0v) is 13.2. The van der Waals surface area contributed by atoms with Crippen LogP contribution in [0, 0.1) is 11.8 Å². The number of nitrogens with two attached hydrogens (primary N) is 1. The zero-order chi connectivity index (χ0) is 14.7. The van der Waals surface area contributed by atoms with Gasteiger partial charge in [0.2, 0.25) is 0 Å². The van der Waals surface area contributed by atoms with Gasteiger partial charge in [0.05, 0.1) is 12.3 Å². The maximum Gasteiger partial charge on any atom is 0.144 e. The van der Waals surface area contributed by atoms with Gasteiger partial charge in [0.15, 0.2) is 0 Å². The molecule has 112 valence electrons. The predicted octanol–water partition coefficient (Wildman–Crippen LogP) is 3.93. The molecule has 3 nitrogen and oxygen atoms in total. The van der Waals surface area contributed by atoms with Crippen LogP contribution in [0.5, 0.6) is 5.75 Å². The fourth-order valence-corrected chi connectivity index (χ4v) is 3.09. The van der Waals surface area contributed by atoms with Gasteiger partial charge >= 0.3 is 0 Å². The van der Waals surface area contributed by atoms with Crippen LogP contribution < -0.4 is 15.4 Å². The lowest BCUT2D eigenvalue weighted by atomic mass is 9.85. The Bertz CT molecular complexity index is 447. The van der Waals surface area contributed by atoms with Gasteiger partial charge in [0, 0.05) is 24.3 Å². The standard InChI is InChI=1S/C17H28N2O/c1-5-8-20-17-10-15(6-7-16(17)18)19-11-12(2)9-13(3)14(19)4/h6-7,10,12-14H,5,8-9,11,18H2,1-4H3. The van der Waals surface area contributed by atoms with Crippen LogP contribution in [0.4, 0.5) is 11.4 Å². The van der Waals surface area contributed by atoms with Gasteiger partial charge in [-0.3, -0.25) is 0 Å². The Morgan fingerprint density at radius 2 is 2.05 bits per heavy atom. The summed E-state index contributed by atoms with van der Waals surface area (Å²) in [6.07, 6.45) is 2.31. The molecule has 0 radical (unpaired) electrons. The topological polar surface area (TPSA) is 38.5 Å². The molecule has 1 fully saturated rings. The monoisotopic (exact) mass is 276 g/mol. The van der Waals surface area contributed by atoms with Crippen molar-refractivity contribution in [2.24, 2.45) is 11.8 Å². The van der Waals surface area contributed by atoms with Gasteiger partial charge in [-0.2, -0.15) is 0 Å². The van der Waals surface area contributed by atoms with Crippen LogP contribution in [0.1, 0.15) is 40.5 Å². The second-order valence-electron chi connectivity index (χ2n) is 6.28. The quantitative estimate of drug-likeness (QED) is 0.847. The van der Waals surface area contributed by atoms with Crippen molar-refractivity contribution in [1.82, 2.24) is 0 Å². The van der Waals surface area contributed by atoms with E-state index in [1.165, 1.54) is 12.1 Å². The maximum absolute atomic E-state index is 6.01. The predicted molar refractivity (Wildman–Crippen MR) is 86.4 cm³/mol. The molecule has 1 heterocycles. The number of nitrogens with zero attached hydrogens (tertiary/aromatic N) is 1. The molecule has 0 aliphatic carbocycles. The fraction of sp³-hybridized carbons (Fsp3) is 0.647. The lowest BCUT2D eigenvalue weighted by molar-refractivity contribution is 0.295. The highest BCUT2D eigenvalue weighted by molar-refractivity contribution is 5.63. The number of anilines is 2. The van der Waals surface area contributed by atoms with Crippen molar-refractivity contribution in [1.29, 1.82) is 0 Å². The van der Waals surface area contributed by atoms with E-state index in [2.05, 4.69) is 44.7 Å². The summed E-state index contributed by atoms with van der Waals surface area (Å²) in [4.78, 5) is 2.50. The summed E-state index contributed by atoms with van der Waals surface area (Å²) in [7, 11) is 0. The summed E-state index contributed by atoms with van der Waals surface area (Å²) in [5.41, 5.74) is 7.97. The third-order valence-corrected chi connectivity index (χ3v) is 4.39. The minimum absolute atomic E-state index is 0.564. The third kappa shape index (κ3) is 3.20. The minimum Gasteiger partial charge on any atom is -0.491 e. The van der Waals surface area contributed by atoms with Gasteiger partial charge in [-0.15, -0.1) is 0 Å². The van der Waals surface area contributed by atoms with Gasteiger partial charge in [-0.25, -0.2) is 0 Å². The van der Waals surface area contributed by atoms with Crippen LogP contribution in [-0.4, -0.2) is 19.2 Å². The number of hydrogen-bond donors (Lipinski definition) is 1. The molecule has 1 aliphatic heterocycles. The van der Waals surface area contributed by atoms with Crippen LogP contribution in [0.25, 0.3) is 0 Å². The first-order valence-electron chi connectivity index (χ1n) is 7.81. The van der Waals surface area contributed by atoms with Crippen molar-refractivity contribution in [2.75, 3.05) is 23.8 Å². The van der Waals surface area contributed by atoms with Crippen LogP contribution >= 0.6 is 0 Å². The Kier molecular flexibility index (Phi) is 4.79. The average Bonchev–Trinajstić information content (AvgIpc) is 2.42. The summed E-state index contributed by atoms with van der Waals surface area (Å²) < 4.78 is 5.75. The molecule has 0 aromatic heterocycles. The smallest absolute Gasteiger partial charge is 0.144 e. The van der Waals surface area contributed by atoms with Crippen molar-refractivity contribution in [3.63, 3.8) is 0 Å². The lowest BCUT2D eigenvalue weighted by Gasteiger charge is -2.42. The van der Waals surface area contributed by atoms with Gasteiger partial charge in [0.25, 0.3) is 0 Å². The first-order valence-corrected chi connectivity index (χ1v) is 7.81. The molecule has 1 aliphatic rings. The minimum atomic E-state index is 0.564. The molecule has 0 spiro atoms. The number of piperidine rings is 1. The first kappa shape index (κ1) is 15.0. The van der Waals surface area contributed by atoms with Crippen LogP contribution in [-0.2, 0) is 0 Å². The molecule has 2 N–H and O–H groups in total. The maximum atomic E-state index is 6.01. The second-order valence-corrected chi connectivity index (χ2v) is 6.28. The molecule has 3 unspecified atom stereocenters. The highest BCUT2D eigenvalue weighted by atomic mass is 16.5. The number of benzene rings is 1. The summed E-state index contributed by atoms with van der Waals surface area (Å²) in [6.45, 7) is 10.9. The van der Waals surface area contributed by atoms with E-state index in [9.17, 15) is 0 Å². The summed E-state index contributed by atoms with van der Waals surface area (Å²) in [6, 6.07) is 6.76. The van der Waals surface area contributed by atoms with Gasteiger partial charge in [-0.1, -0.05) is 20.8 Å². The van der Waals surface area contributed by atoms with Gasteiger partial charge < -0.3 is 15.4 Å². The number of nitrogen functional groups attached to an aromatic ring is 1. The molecule has 3 heteroatoms. The second kappa shape index (κ2) is 6.38. The molecule has 20 heavy (non-hydrogen) atoms. The Morgan fingerprint density at radius 3 is 2.75 bits per heavy atom. The summed E-state index contributed by atoms with van der Waals surface area (Å²) in [5.74, 6) is 2.28. The lowest BCUT2D eigenvalue weighted by Crippen LogP contribution is -2.45. The van der Waals surface area contributed by atoms with Crippen LogP contribution in [0.3, 0.4) is 0 Å². The summed E-state index contributed by atoms with van der Waals surface area (Å²) >= 11 is 0.